The smallest absolute Gasteiger partial charge is 0.161 e. The molecule has 0 saturated carbocycles. The molecule has 0 saturated heterocycles. The molecule has 0 bridgehead atoms. The minimum Gasteiger partial charge on any atom is -0.508 e. The van der Waals surface area contributed by atoms with Gasteiger partial charge < -0.3 is 19.3 Å². The van der Waals surface area contributed by atoms with E-state index in [1.807, 2.05) is 12.1 Å². The highest BCUT2D eigenvalue weighted by Gasteiger charge is 2.67. The van der Waals surface area contributed by atoms with E-state index >= 15 is 0 Å². The summed E-state index contributed by atoms with van der Waals surface area (Å²) >= 11 is 0. The molecule has 1 aromatic carbocycles. The largest absolute Gasteiger partial charge is 0.508 e. The Morgan fingerprint density at radius 3 is 1.74 bits per heavy atom. The highest BCUT2D eigenvalue weighted by Crippen LogP contribution is 2.83. The van der Waals surface area contributed by atoms with Crippen LogP contribution in [-0.2, 0) is 9.47 Å². The molecular weight excluding hydrogens is 471 g/mol. The molecule has 35 heavy (non-hydrogen) atoms. The topological polar surface area (TPSA) is 47.9 Å². The van der Waals surface area contributed by atoms with Gasteiger partial charge in [-0.2, -0.15) is 0 Å². The lowest BCUT2D eigenvalue weighted by Crippen LogP contribution is -2.49. The molecular formula is C29H54O4PSi+. The van der Waals surface area contributed by atoms with Gasteiger partial charge >= 0.3 is 0 Å². The van der Waals surface area contributed by atoms with Crippen molar-refractivity contribution in [2.24, 2.45) is 0 Å². The highest BCUT2D eigenvalue weighted by molar-refractivity contribution is 7.87. The molecule has 0 heterocycles. The van der Waals surface area contributed by atoms with Crippen molar-refractivity contribution in [2.45, 2.75) is 128 Å². The average Bonchev–Trinajstić information content (AvgIpc) is 2.70. The second-order valence-electron chi connectivity index (χ2n) is 12.6. The van der Waals surface area contributed by atoms with Gasteiger partial charge in [-0.1, -0.05) is 38.1 Å². The number of aromatic hydroxyl groups is 1. The Bertz CT molecular complexity index is 706. The van der Waals surface area contributed by atoms with Crippen molar-refractivity contribution < 1.29 is 19.3 Å². The maximum Gasteiger partial charge on any atom is 0.161 e. The highest BCUT2D eigenvalue weighted by atomic mass is 31.2. The fraction of sp³-hybridized carbons (Fsp3) is 0.793. The summed E-state index contributed by atoms with van der Waals surface area (Å²) in [4.78, 5) is 0. The third-order valence-corrected chi connectivity index (χ3v) is 15.4. The predicted molar refractivity (Wildman–Crippen MR) is 155 cm³/mol. The van der Waals surface area contributed by atoms with Crippen molar-refractivity contribution in [3.05, 3.63) is 18.2 Å². The van der Waals surface area contributed by atoms with Crippen LogP contribution < -0.4 is 10.0 Å². The first-order valence-corrected chi connectivity index (χ1v) is 16.4. The van der Waals surface area contributed by atoms with Gasteiger partial charge in [0.2, 0.25) is 0 Å². The van der Waals surface area contributed by atoms with E-state index in [1.165, 1.54) is 43.5 Å². The summed E-state index contributed by atoms with van der Waals surface area (Å²) in [5.74, 6) is 1.26. The van der Waals surface area contributed by atoms with Gasteiger partial charge in [0.05, 0.1) is 29.3 Å². The summed E-state index contributed by atoms with van der Waals surface area (Å²) in [6, 6.07) is 6.96. The number of rotatable bonds is 14. The number of ether oxygens (including phenoxy) is 3. The maximum absolute atomic E-state index is 10.5. The normalized spacial score (nSPS) is 13.5. The van der Waals surface area contributed by atoms with Gasteiger partial charge in [-0.3, -0.25) is 0 Å². The van der Waals surface area contributed by atoms with Crippen LogP contribution in [0.15, 0.2) is 18.2 Å². The fourth-order valence-electron chi connectivity index (χ4n) is 6.59. The van der Waals surface area contributed by atoms with Crippen LogP contribution in [0.25, 0.3) is 0 Å². The van der Waals surface area contributed by atoms with E-state index in [2.05, 4.69) is 62.3 Å². The Kier molecular flexibility index (Phi) is 12.8. The molecule has 4 nitrogen and oxygen atoms in total. The zero-order valence-corrected chi connectivity index (χ0v) is 26.5. The lowest BCUT2D eigenvalue weighted by molar-refractivity contribution is -0.0441. The van der Waals surface area contributed by atoms with Crippen molar-refractivity contribution in [3.8, 4) is 11.5 Å². The van der Waals surface area contributed by atoms with E-state index < -0.39 is 7.26 Å². The van der Waals surface area contributed by atoms with Gasteiger partial charge in [0, 0.05) is 20.3 Å². The Balaban J connectivity index is 2.80. The molecule has 0 unspecified atom stereocenters. The van der Waals surface area contributed by atoms with E-state index in [9.17, 15) is 5.11 Å². The van der Waals surface area contributed by atoms with Gasteiger partial charge in [0.1, 0.15) is 26.5 Å². The van der Waals surface area contributed by atoms with E-state index in [4.69, 9.17) is 14.2 Å². The van der Waals surface area contributed by atoms with Crippen LogP contribution in [0.5, 0.6) is 11.5 Å². The number of phenolic OH excluding ortho intramolecular Hbond substituents is 1. The van der Waals surface area contributed by atoms with Crippen molar-refractivity contribution >= 4 is 22.1 Å². The predicted octanol–water partition coefficient (Wildman–Crippen LogP) is 7.85. The van der Waals surface area contributed by atoms with Crippen LogP contribution in [0, 0.1) is 0 Å². The zero-order chi connectivity index (χ0) is 26.9. The van der Waals surface area contributed by atoms with Crippen molar-refractivity contribution in [1.82, 2.24) is 0 Å². The number of hydrogen-bond donors (Lipinski definition) is 1. The summed E-state index contributed by atoms with van der Waals surface area (Å²) in [7, 11) is 2.28. The molecule has 0 spiro atoms. The quantitative estimate of drug-likeness (QED) is 0.116. The standard InChI is InChI=1S/C29H53O4PSi/c1-27(2,3)34(28(4,5)6,29(7,8)9)25-22-23(30)18-19-24(25)33-20-16-14-12-13-15-17-21-35-26(31-10)32-11/h18-19,22,26H,12-17,20-21H2,1-11H3/p+1. The molecule has 0 atom stereocenters. The second kappa shape index (κ2) is 13.8. The summed E-state index contributed by atoms with van der Waals surface area (Å²) < 4.78 is 17.0. The molecule has 0 amide bonds. The lowest BCUT2D eigenvalue weighted by Gasteiger charge is -2.54. The SMILES string of the molecule is COC(OC)[Si]CCCCCCCCOc1ccc(O)cc1[P+](C(C)(C)C)(C(C)(C)C)C(C)(C)C. The molecule has 1 N–H and O–H groups in total. The van der Waals surface area contributed by atoms with Gasteiger partial charge in [0.25, 0.3) is 0 Å². The van der Waals surface area contributed by atoms with Crippen molar-refractivity contribution in [1.29, 1.82) is 0 Å². The second-order valence-corrected chi connectivity index (χ2v) is 19.8. The lowest BCUT2D eigenvalue weighted by atomic mass is 10.1. The summed E-state index contributed by atoms with van der Waals surface area (Å²) in [6.45, 7) is 22.1. The van der Waals surface area contributed by atoms with E-state index in [-0.39, 0.29) is 21.4 Å². The molecule has 0 aliphatic carbocycles. The molecule has 0 aromatic heterocycles. The van der Waals surface area contributed by atoms with Gasteiger partial charge in [-0.25, -0.2) is 0 Å². The van der Waals surface area contributed by atoms with E-state index in [0.29, 0.717) is 5.75 Å². The third kappa shape index (κ3) is 8.45. The van der Waals surface area contributed by atoms with Crippen molar-refractivity contribution in [2.75, 3.05) is 20.8 Å². The molecule has 1 aromatic rings. The first-order chi connectivity index (χ1) is 16.1. The minimum atomic E-state index is -1.86. The van der Waals surface area contributed by atoms with Gasteiger partial charge in [-0.05, 0) is 80.9 Å². The summed E-state index contributed by atoms with van der Waals surface area (Å²) in [5.41, 5.74) is 0. The molecule has 6 heteroatoms. The Labute approximate surface area is 220 Å². The number of methoxy groups -OCH3 is 2. The number of benzene rings is 1. The number of phenols is 1. The monoisotopic (exact) mass is 525 g/mol. The molecule has 0 fully saturated rings. The molecule has 0 aliphatic heterocycles. The first kappa shape index (κ1) is 32.4. The molecule has 1 rings (SSSR count). The molecule has 0 aliphatic rings. The zero-order valence-electron chi connectivity index (χ0n) is 24.6. The third-order valence-electron chi connectivity index (χ3n) is 6.89. The van der Waals surface area contributed by atoms with Crippen LogP contribution in [0.1, 0.15) is 101 Å². The summed E-state index contributed by atoms with van der Waals surface area (Å²) in [5, 5.41) is 11.9. The molecule has 2 radical (unpaired) electrons. The number of unbranched alkanes of at least 4 members (excludes halogenated alkanes) is 5. The number of hydrogen-bond acceptors (Lipinski definition) is 4. The van der Waals surface area contributed by atoms with Crippen LogP contribution in [-0.4, -0.2) is 56.8 Å². The first-order valence-electron chi connectivity index (χ1n) is 13.3. The van der Waals surface area contributed by atoms with Gasteiger partial charge in [0.15, 0.2) is 5.75 Å². The average molecular weight is 526 g/mol. The van der Waals surface area contributed by atoms with E-state index in [0.717, 1.165) is 28.3 Å². The Morgan fingerprint density at radius 1 is 0.771 bits per heavy atom. The molecule has 202 valence electrons. The van der Waals surface area contributed by atoms with Crippen LogP contribution in [0.3, 0.4) is 0 Å². The van der Waals surface area contributed by atoms with Crippen LogP contribution >= 0.6 is 7.26 Å². The van der Waals surface area contributed by atoms with Gasteiger partial charge in [-0.15, -0.1) is 0 Å². The Morgan fingerprint density at radius 2 is 1.26 bits per heavy atom. The summed E-state index contributed by atoms with van der Waals surface area (Å²) in [6.07, 6.45) is 7.28. The maximum atomic E-state index is 10.5. The minimum absolute atomic E-state index is 0.0343. The van der Waals surface area contributed by atoms with Crippen LogP contribution in [0.4, 0.5) is 0 Å². The Hall–Kier alpha value is -0.613. The van der Waals surface area contributed by atoms with E-state index in [1.54, 1.807) is 20.3 Å². The van der Waals surface area contributed by atoms with Crippen LogP contribution in [0.2, 0.25) is 6.04 Å². The van der Waals surface area contributed by atoms with Crippen molar-refractivity contribution in [3.63, 3.8) is 0 Å². The fourth-order valence-corrected chi connectivity index (χ4v) is 16.6.